The monoisotopic (exact) mass is 293 g/mol. The number of amidine groups is 1. The zero-order valence-corrected chi connectivity index (χ0v) is 12.0. The van der Waals surface area contributed by atoms with Crippen molar-refractivity contribution in [3.63, 3.8) is 0 Å². The minimum atomic E-state index is -0.523. The van der Waals surface area contributed by atoms with Crippen LogP contribution in [0.2, 0.25) is 5.02 Å². The Morgan fingerprint density at radius 1 is 1.45 bits per heavy atom. The van der Waals surface area contributed by atoms with Crippen LogP contribution in [0.3, 0.4) is 0 Å². The fraction of sp³-hybridized carbons (Fsp3) is 0.429. The first-order valence-corrected chi connectivity index (χ1v) is 7.10. The van der Waals surface area contributed by atoms with Crippen molar-refractivity contribution >= 4 is 29.2 Å². The van der Waals surface area contributed by atoms with Gasteiger partial charge in [-0.25, -0.2) is 9.79 Å². The zero-order chi connectivity index (χ0) is 14.1. The maximum absolute atomic E-state index is 11.3. The average molecular weight is 294 g/mol. The zero-order valence-electron chi connectivity index (χ0n) is 11.3. The number of rotatable bonds is 1. The Balaban J connectivity index is 1.95. The number of nitrogens with zero attached hydrogens (tertiary/aromatic N) is 2. The molecule has 6 heteroatoms. The van der Waals surface area contributed by atoms with E-state index in [1.807, 2.05) is 6.07 Å². The van der Waals surface area contributed by atoms with Gasteiger partial charge in [0.05, 0.1) is 10.7 Å². The molecule has 0 unspecified atom stereocenters. The van der Waals surface area contributed by atoms with Crippen LogP contribution < -0.4 is 10.1 Å². The minimum absolute atomic E-state index is 0.375. The van der Waals surface area contributed by atoms with Gasteiger partial charge in [-0.05, 0) is 25.0 Å². The van der Waals surface area contributed by atoms with E-state index in [9.17, 15) is 4.79 Å². The van der Waals surface area contributed by atoms with E-state index in [0.29, 0.717) is 10.8 Å². The van der Waals surface area contributed by atoms with Crippen molar-refractivity contribution in [2.45, 2.75) is 25.8 Å². The second-order valence-electron chi connectivity index (χ2n) is 4.92. The number of amides is 1. The normalized spacial score (nSPS) is 16.9. The summed E-state index contributed by atoms with van der Waals surface area (Å²) in [7, 11) is 1.51. The molecule has 1 N–H and O–H groups in total. The largest absolute Gasteiger partial charge is 0.412 e. The lowest BCUT2D eigenvalue weighted by molar-refractivity contribution is 0.203. The molecule has 1 aromatic rings. The first kappa shape index (κ1) is 13.2. The molecule has 0 aliphatic carbocycles. The van der Waals surface area contributed by atoms with Crippen molar-refractivity contribution in [1.29, 1.82) is 0 Å². The summed E-state index contributed by atoms with van der Waals surface area (Å²) in [6.07, 6.45) is 2.87. The van der Waals surface area contributed by atoms with Crippen molar-refractivity contribution in [2.75, 3.05) is 13.6 Å². The molecule has 3 rings (SSSR count). The average Bonchev–Trinajstić information content (AvgIpc) is 2.48. The molecule has 2 aliphatic rings. The van der Waals surface area contributed by atoms with Crippen molar-refractivity contribution in [3.8, 4) is 5.75 Å². The van der Waals surface area contributed by atoms with Crippen LogP contribution >= 0.6 is 11.6 Å². The number of nitrogens with one attached hydrogen (secondary N) is 1. The van der Waals surface area contributed by atoms with Crippen molar-refractivity contribution in [1.82, 2.24) is 10.2 Å². The summed E-state index contributed by atoms with van der Waals surface area (Å²) in [5.41, 5.74) is 1.81. The van der Waals surface area contributed by atoms with Crippen LogP contribution in [0.15, 0.2) is 17.1 Å². The van der Waals surface area contributed by atoms with E-state index in [-0.39, 0.29) is 0 Å². The number of benzene rings is 1. The summed E-state index contributed by atoms with van der Waals surface area (Å²) in [5, 5.41) is 2.88. The second kappa shape index (κ2) is 5.32. The Morgan fingerprint density at radius 2 is 2.30 bits per heavy atom. The number of ether oxygens (including phenoxy) is 1. The van der Waals surface area contributed by atoms with Crippen LogP contribution in [0.1, 0.15) is 24.8 Å². The highest BCUT2D eigenvalue weighted by atomic mass is 35.5. The van der Waals surface area contributed by atoms with Crippen molar-refractivity contribution < 1.29 is 9.53 Å². The molecular weight excluding hydrogens is 278 g/mol. The Hall–Kier alpha value is -1.75. The third-order valence-electron chi connectivity index (χ3n) is 3.63. The lowest BCUT2D eigenvalue weighted by Crippen LogP contribution is -2.36. The summed E-state index contributed by atoms with van der Waals surface area (Å²) >= 11 is 6.36. The van der Waals surface area contributed by atoms with Crippen LogP contribution in [0.4, 0.5) is 10.5 Å². The number of fused-ring (bicyclic) bond motifs is 2. The molecular formula is C14H16ClN3O2. The van der Waals surface area contributed by atoms with E-state index in [4.69, 9.17) is 16.3 Å². The summed E-state index contributed by atoms with van der Waals surface area (Å²) in [6.45, 7) is 1.74. The second-order valence-corrected chi connectivity index (χ2v) is 5.30. The van der Waals surface area contributed by atoms with Gasteiger partial charge in [-0.3, -0.25) is 0 Å². The number of carbonyl (C=O) groups excluding carboxylic acids is 1. The standard InChI is InChI=1S/C14H16ClN3O2/c1-16-14(19)20-11-6-5-10-9(13(11)15)8-18-7-3-2-4-12(18)17-10/h5-6H,2-4,7-8H2,1H3,(H,16,19). The molecule has 20 heavy (non-hydrogen) atoms. The van der Waals surface area contributed by atoms with E-state index >= 15 is 0 Å². The summed E-state index contributed by atoms with van der Waals surface area (Å²) < 4.78 is 5.15. The van der Waals surface area contributed by atoms with Crippen LogP contribution in [0.25, 0.3) is 0 Å². The van der Waals surface area contributed by atoms with Gasteiger partial charge in [0.2, 0.25) is 0 Å². The molecule has 1 aromatic carbocycles. The minimum Gasteiger partial charge on any atom is -0.409 e. The molecule has 5 nitrogen and oxygen atoms in total. The molecule has 0 spiro atoms. The van der Waals surface area contributed by atoms with Crippen LogP contribution in [-0.4, -0.2) is 30.4 Å². The topological polar surface area (TPSA) is 53.9 Å². The molecule has 0 radical (unpaired) electrons. The van der Waals surface area contributed by atoms with Gasteiger partial charge in [0.15, 0.2) is 5.75 Å². The SMILES string of the molecule is CNC(=O)Oc1ccc2c(c1Cl)CN1CCCCC1=N2. The molecule has 106 valence electrons. The fourth-order valence-electron chi connectivity index (χ4n) is 2.57. The van der Waals surface area contributed by atoms with Gasteiger partial charge in [-0.2, -0.15) is 0 Å². The highest BCUT2D eigenvalue weighted by Gasteiger charge is 2.25. The number of hydrogen-bond donors (Lipinski definition) is 1. The van der Waals surface area contributed by atoms with Crippen LogP contribution in [-0.2, 0) is 6.54 Å². The first-order chi connectivity index (χ1) is 9.69. The molecule has 1 amide bonds. The lowest BCUT2D eigenvalue weighted by atomic mass is 10.0. The summed E-state index contributed by atoms with van der Waals surface area (Å²) in [6, 6.07) is 3.55. The molecule has 1 fully saturated rings. The van der Waals surface area contributed by atoms with E-state index in [0.717, 1.165) is 36.6 Å². The molecule has 1 saturated heterocycles. The fourth-order valence-corrected chi connectivity index (χ4v) is 2.83. The van der Waals surface area contributed by atoms with Gasteiger partial charge < -0.3 is 15.0 Å². The molecule has 0 atom stereocenters. The Kier molecular flexibility index (Phi) is 3.53. The Morgan fingerprint density at radius 3 is 3.10 bits per heavy atom. The third-order valence-corrected chi connectivity index (χ3v) is 4.05. The maximum Gasteiger partial charge on any atom is 0.412 e. The van der Waals surface area contributed by atoms with Crippen molar-refractivity contribution in [3.05, 3.63) is 22.7 Å². The smallest absolute Gasteiger partial charge is 0.409 e. The van der Waals surface area contributed by atoms with Gasteiger partial charge in [-0.1, -0.05) is 11.6 Å². The Bertz CT molecular complexity index is 586. The van der Waals surface area contributed by atoms with Gasteiger partial charge in [0.25, 0.3) is 0 Å². The Labute approximate surface area is 122 Å². The number of hydrogen-bond acceptors (Lipinski definition) is 4. The van der Waals surface area contributed by atoms with Crippen LogP contribution in [0.5, 0.6) is 5.75 Å². The lowest BCUT2D eigenvalue weighted by Gasteiger charge is -2.34. The predicted octanol–water partition coefficient (Wildman–Crippen LogP) is 3.09. The number of carbonyl (C=O) groups is 1. The quantitative estimate of drug-likeness (QED) is 0.865. The maximum atomic E-state index is 11.3. The van der Waals surface area contributed by atoms with Gasteiger partial charge in [0, 0.05) is 32.1 Å². The van der Waals surface area contributed by atoms with Gasteiger partial charge in [0.1, 0.15) is 5.84 Å². The van der Waals surface area contributed by atoms with Gasteiger partial charge >= 0.3 is 6.09 Å². The molecule has 0 saturated carbocycles. The number of aliphatic imine (C=N–C) groups is 1. The highest BCUT2D eigenvalue weighted by Crippen LogP contribution is 2.39. The summed E-state index contributed by atoms with van der Waals surface area (Å²) in [5.74, 6) is 1.51. The molecule has 0 aromatic heterocycles. The third kappa shape index (κ3) is 2.33. The highest BCUT2D eigenvalue weighted by molar-refractivity contribution is 6.33. The molecule has 0 bridgehead atoms. The van der Waals surface area contributed by atoms with Crippen molar-refractivity contribution in [2.24, 2.45) is 4.99 Å². The first-order valence-electron chi connectivity index (χ1n) is 6.72. The summed E-state index contributed by atoms with van der Waals surface area (Å²) in [4.78, 5) is 18.2. The predicted molar refractivity (Wildman–Crippen MR) is 77.9 cm³/mol. The van der Waals surface area contributed by atoms with Crippen LogP contribution in [0, 0.1) is 0 Å². The van der Waals surface area contributed by atoms with Gasteiger partial charge in [-0.15, -0.1) is 0 Å². The molecule has 2 aliphatic heterocycles. The number of halogens is 1. The van der Waals surface area contributed by atoms with E-state index in [1.54, 1.807) is 6.07 Å². The van der Waals surface area contributed by atoms with E-state index in [1.165, 1.54) is 19.9 Å². The molecule has 2 heterocycles. The number of piperidine rings is 1. The van der Waals surface area contributed by atoms with E-state index < -0.39 is 6.09 Å². The van der Waals surface area contributed by atoms with E-state index in [2.05, 4.69) is 15.2 Å².